The van der Waals surface area contributed by atoms with Gasteiger partial charge in [-0.1, -0.05) is 13.3 Å². The molecule has 0 saturated carbocycles. The van der Waals surface area contributed by atoms with Crippen molar-refractivity contribution in [2.45, 2.75) is 19.8 Å². The molecule has 0 spiro atoms. The third kappa shape index (κ3) is 5.70. The van der Waals surface area contributed by atoms with Crippen LogP contribution in [0.1, 0.15) is 19.8 Å². The number of rotatable bonds is 5. The summed E-state index contributed by atoms with van der Waals surface area (Å²) in [5.41, 5.74) is 8.10. The van der Waals surface area contributed by atoms with E-state index in [1.54, 1.807) is 0 Å². The monoisotopic (exact) mass is 157 g/mol. The van der Waals surface area contributed by atoms with E-state index in [4.69, 9.17) is 5.53 Å². The van der Waals surface area contributed by atoms with Crippen LogP contribution in [0, 0.1) is 0 Å². The Kier molecular flexibility index (Phi) is 4.66. The molecule has 0 bridgehead atoms. The fourth-order valence-corrected chi connectivity index (χ4v) is 0.856. The summed E-state index contributed by atoms with van der Waals surface area (Å²) in [5, 5.41) is 3.55. The molecule has 0 aromatic heterocycles. The predicted octanol–water partition coefficient (Wildman–Crippen LogP) is 2.13. The van der Waals surface area contributed by atoms with Gasteiger partial charge in [0.15, 0.2) is 6.67 Å². The third-order valence-electron chi connectivity index (χ3n) is 1.63. The highest BCUT2D eigenvalue weighted by Crippen LogP contribution is 2.01. The molecule has 0 rings (SSSR count). The van der Waals surface area contributed by atoms with Crippen molar-refractivity contribution in [3.05, 3.63) is 10.4 Å². The van der Waals surface area contributed by atoms with Crippen molar-refractivity contribution in [2.24, 2.45) is 5.11 Å². The molecule has 11 heavy (non-hydrogen) atoms. The van der Waals surface area contributed by atoms with E-state index in [0.717, 1.165) is 11.0 Å². The van der Waals surface area contributed by atoms with Gasteiger partial charge in [0.05, 0.1) is 20.6 Å². The summed E-state index contributed by atoms with van der Waals surface area (Å²) in [6, 6.07) is 0. The second kappa shape index (κ2) is 4.99. The van der Waals surface area contributed by atoms with Crippen molar-refractivity contribution in [1.82, 2.24) is 0 Å². The Labute approximate surface area is 68.0 Å². The van der Waals surface area contributed by atoms with Crippen molar-refractivity contribution in [3.63, 3.8) is 0 Å². The molecule has 0 aliphatic carbocycles. The largest absolute Gasteiger partial charge is 0.324 e. The van der Waals surface area contributed by atoms with Crippen LogP contribution in [0.15, 0.2) is 5.11 Å². The fourth-order valence-electron chi connectivity index (χ4n) is 0.856. The first-order valence-electron chi connectivity index (χ1n) is 3.95. The van der Waals surface area contributed by atoms with Crippen molar-refractivity contribution >= 4 is 0 Å². The summed E-state index contributed by atoms with van der Waals surface area (Å²) in [6.45, 7) is 3.79. The smallest absolute Gasteiger partial charge is 0.159 e. The fraction of sp³-hybridized carbons (Fsp3) is 1.00. The molecule has 0 radical (unpaired) electrons. The molecule has 0 atom stereocenters. The molecule has 0 aliphatic heterocycles. The van der Waals surface area contributed by atoms with Crippen molar-refractivity contribution in [1.29, 1.82) is 0 Å². The number of hydrogen-bond donors (Lipinski definition) is 0. The van der Waals surface area contributed by atoms with Crippen LogP contribution in [0.2, 0.25) is 0 Å². The van der Waals surface area contributed by atoms with Gasteiger partial charge in [0.1, 0.15) is 0 Å². The number of unbranched alkanes of at least 4 members (excludes halogenated alkanes) is 1. The zero-order chi connectivity index (χ0) is 8.74. The van der Waals surface area contributed by atoms with Gasteiger partial charge in [-0.3, -0.25) is 0 Å². The summed E-state index contributed by atoms with van der Waals surface area (Å²) in [4.78, 5) is 2.74. The molecule has 4 heteroatoms. The van der Waals surface area contributed by atoms with Gasteiger partial charge in [-0.05, 0) is 17.1 Å². The Bertz CT molecular complexity index is 147. The van der Waals surface area contributed by atoms with Gasteiger partial charge in [-0.15, -0.1) is 0 Å². The molecule has 0 fully saturated rings. The molecule has 0 aliphatic rings. The molecule has 64 valence electrons. The second-order valence-electron chi connectivity index (χ2n) is 3.39. The maximum Gasteiger partial charge on any atom is 0.159 e. The van der Waals surface area contributed by atoms with E-state index in [0.29, 0.717) is 6.67 Å². The minimum absolute atomic E-state index is 0.552. The average Bonchev–Trinajstić information content (AvgIpc) is 1.97. The van der Waals surface area contributed by atoms with E-state index < -0.39 is 0 Å². The van der Waals surface area contributed by atoms with E-state index >= 15 is 0 Å². The average molecular weight is 157 g/mol. The standard InChI is InChI=1S/C7H17N4/c1-4-5-6-11(2,3)7-9-10-8/h4-7H2,1-3H3/q+1. The van der Waals surface area contributed by atoms with Crippen molar-refractivity contribution in [2.75, 3.05) is 27.3 Å². The van der Waals surface area contributed by atoms with Crippen LogP contribution in [0.25, 0.3) is 10.4 Å². The summed E-state index contributed by atoms with van der Waals surface area (Å²) in [5.74, 6) is 0. The van der Waals surface area contributed by atoms with Crippen molar-refractivity contribution < 1.29 is 4.48 Å². The molecule has 0 saturated heterocycles. The van der Waals surface area contributed by atoms with Gasteiger partial charge in [0, 0.05) is 4.91 Å². The minimum Gasteiger partial charge on any atom is -0.324 e. The van der Waals surface area contributed by atoms with Gasteiger partial charge < -0.3 is 4.48 Å². The van der Waals surface area contributed by atoms with Crippen LogP contribution >= 0.6 is 0 Å². The van der Waals surface area contributed by atoms with Crippen LogP contribution in [-0.4, -0.2) is 31.8 Å². The maximum atomic E-state index is 8.10. The van der Waals surface area contributed by atoms with Gasteiger partial charge in [0.25, 0.3) is 0 Å². The van der Waals surface area contributed by atoms with Crippen LogP contribution in [0.4, 0.5) is 0 Å². The van der Waals surface area contributed by atoms with Crippen molar-refractivity contribution in [3.8, 4) is 0 Å². The van der Waals surface area contributed by atoms with Gasteiger partial charge in [-0.2, -0.15) is 0 Å². The van der Waals surface area contributed by atoms with E-state index in [9.17, 15) is 0 Å². The maximum absolute atomic E-state index is 8.10. The number of nitrogens with zero attached hydrogens (tertiary/aromatic N) is 4. The highest BCUT2D eigenvalue weighted by molar-refractivity contribution is 4.39. The predicted molar refractivity (Wildman–Crippen MR) is 45.9 cm³/mol. The number of azide groups is 1. The van der Waals surface area contributed by atoms with Crippen LogP contribution in [0.3, 0.4) is 0 Å². The van der Waals surface area contributed by atoms with E-state index in [-0.39, 0.29) is 0 Å². The molecule has 0 unspecified atom stereocenters. The molecule has 0 aromatic rings. The van der Waals surface area contributed by atoms with E-state index in [2.05, 4.69) is 31.0 Å². The lowest BCUT2D eigenvalue weighted by molar-refractivity contribution is -0.889. The second-order valence-corrected chi connectivity index (χ2v) is 3.39. The summed E-state index contributed by atoms with van der Waals surface area (Å²) < 4.78 is 0.790. The topological polar surface area (TPSA) is 48.8 Å². The molecule has 0 N–H and O–H groups in total. The zero-order valence-corrected chi connectivity index (χ0v) is 7.62. The lowest BCUT2D eigenvalue weighted by atomic mass is 10.3. The summed E-state index contributed by atoms with van der Waals surface area (Å²) >= 11 is 0. The van der Waals surface area contributed by atoms with Gasteiger partial charge in [-0.25, -0.2) is 0 Å². The quantitative estimate of drug-likeness (QED) is 0.254. The lowest BCUT2D eigenvalue weighted by Gasteiger charge is -2.27. The molecule has 0 amide bonds. The van der Waals surface area contributed by atoms with Gasteiger partial charge >= 0.3 is 0 Å². The Morgan fingerprint density at radius 2 is 2.09 bits per heavy atom. The number of hydrogen-bond acceptors (Lipinski definition) is 1. The zero-order valence-electron chi connectivity index (χ0n) is 7.62. The SMILES string of the molecule is CCCC[N+](C)(C)CN=[N+]=[N-]. The summed E-state index contributed by atoms with van der Waals surface area (Å²) in [6.07, 6.45) is 2.38. The molecule has 0 heterocycles. The molecule has 0 aromatic carbocycles. The summed E-state index contributed by atoms with van der Waals surface area (Å²) in [7, 11) is 4.15. The Morgan fingerprint density at radius 3 is 2.55 bits per heavy atom. The third-order valence-corrected chi connectivity index (χ3v) is 1.63. The van der Waals surface area contributed by atoms with Gasteiger partial charge in [0.2, 0.25) is 0 Å². The molecular weight excluding hydrogens is 140 g/mol. The molecule has 4 nitrogen and oxygen atoms in total. The lowest BCUT2D eigenvalue weighted by Crippen LogP contribution is -2.40. The minimum atomic E-state index is 0.552. The highest BCUT2D eigenvalue weighted by Gasteiger charge is 2.11. The Balaban J connectivity index is 3.69. The van der Waals surface area contributed by atoms with Crippen LogP contribution in [0.5, 0.6) is 0 Å². The highest BCUT2D eigenvalue weighted by atomic mass is 15.4. The van der Waals surface area contributed by atoms with E-state index in [1.165, 1.54) is 12.8 Å². The Morgan fingerprint density at radius 1 is 1.45 bits per heavy atom. The van der Waals surface area contributed by atoms with Crippen LogP contribution in [-0.2, 0) is 0 Å². The van der Waals surface area contributed by atoms with E-state index in [1.807, 2.05) is 0 Å². The molecular formula is C7H17N4+. The first-order valence-corrected chi connectivity index (χ1v) is 3.95. The Hall–Kier alpha value is -0.730. The first-order chi connectivity index (χ1) is 5.12. The number of quaternary nitrogens is 1. The van der Waals surface area contributed by atoms with Crippen LogP contribution < -0.4 is 0 Å². The first kappa shape index (κ1) is 10.3. The normalized spacial score (nSPS) is 10.8.